The third-order valence-corrected chi connectivity index (χ3v) is 4.62. The molecular weight excluding hydrogens is 502 g/mol. The fraction of sp³-hybridized carbons (Fsp3) is 0.655. The lowest BCUT2D eigenvalue weighted by molar-refractivity contribution is -0.121. The van der Waals surface area contributed by atoms with Crippen LogP contribution >= 0.6 is 0 Å². The smallest absolute Gasteiger partial charge is 0.251 e. The molecule has 10 nitrogen and oxygen atoms in total. The van der Waals surface area contributed by atoms with Crippen LogP contribution in [0, 0.1) is 11.8 Å². The summed E-state index contributed by atoms with van der Waals surface area (Å²) in [6, 6.07) is 6.97. The topological polar surface area (TPSA) is 130 Å². The van der Waals surface area contributed by atoms with Crippen molar-refractivity contribution in [3.05, 3.63) is 29.8 Å². The molecule has 39 heavy (non-hydrogen) atoms. The van der Waals surface area contributed by atoms with Gasteiger partial charge in [0.05, 0.1) is 39.1 Å². The highest BCUT2D eigenvalue weighted by atomic mass is 16.6. The second-order valence-corrected chi connectivity index (χ2v) is 7.72. The zero-order valence-corrected chi connectivity index (χ0v) is 23.5. The molecule has 1 rings (SSSR count). The maximum Gasteiger partial charge on any atom is 0.251 e. The highest BCUT2D eigenvalue weighted by Crippen LogP contribution is 2.14. The minimum atomic E-state index is -0.183. The Morgan fingerprint density at radius 1 is 1.00 bits per heavy atom. The Kier molecular flexibility index (Phi) is 27.9. The van der Waals surface area contributed by atoms with Gasteiger partial charge in [-0.1, -0.05) is 33.3 Å². The van der Waals surface area contributed by atoms with Crippen molar-refractivity contribution in [1.29, 1.82) is 0 Å². The van der Waals surface area contributed by atoms with Gasteiger partial charge in [0, 0.05) is 42.5 Å². The van der Waals surface area contributed by atoms with E-state index in [4.69, 9.17) is 29.4 Å². The monoisotopic (exact) mass is 559 g/mol. The van der Waals surface area contributed by atoms with Gasteiger partial charge in [0.1, 0.15) is 19.0 Å². The first-order chi connectivity index (χ1) is 18.6. The Labute approximate surface area is 240 Å². The van der Waals surface area contributed by atoms with Crippen LogP contribution in [0.15, 0.2) is 24.3 Å². The molecule has 1 unspecified atom stereocenters. The summed E-state index contributed by atoms with van der Waals surface area (Å²) < 4.78 is 27.6. The summed E-state index contributed by atoms with van der Waals surface area (Å²) >= 11 is 0. The Morgan fingerprint density at radius 2 is 1.72 bits per heavy atom. The molecule has 1 aromatic rings. The van der Waals surface area contributed by atoms with Crippen LogP contribution in [0.4, 0.5) is 0 Å². The summed E-state index contributed by atoms with van der Waals surface area (Å²) in [7, 11) is 0. The van der Waals surface area contributed by atoms with Crippen molar-refractivity contribution < 1.29 is 37.6 Å². The van der Waals surface area contributed by atoms with E-state index in [1.54, 1.807) is 31.2 Å². The summed E-state index contributed by atoms with van der Waals surface area (Å²) in [6.45, 7) is 12.4. The number of benzene rings is 1. The first kappa shape index (κ1) is 38.5. The molecule has 0 aliphatic heterocycles. The molecule has 0 aromatic heterocycles. The molecule has 10 heteroatoms. The normalized spacial score (nSPS) is 10.6. The maximum atomic E-state index is 12.0. The summed E-state index contributed by atoms with van der Waals surface area (Å²) in [5, 5.41) is 5.52. The van der Waals surface area contributed by atoms with E-state index in [1.807, 2.05) is 20.8 Å². The minimum Gasteiger partial charge on any atom is -0.491 e. The van der Waals surface area contributed by atoms with E-state index in [9.17, 15) is 9.59 Å². The highest BCUT2D eigenvalue weighted by molar-refractivity contribution is 5.94. The number of amides is 2. The van der Waals surface area contributed by atoms with Gasteiger partial charge >= 0.3 is 0 Å². The molecule has 0 saturated heterocycles. The molecule has 4 N–H and O–H groups in total. The van der Waals surface area contributed by atoms with Crippen LogP contribution in [0.3, 0.4) is 0 Å². The largest absolute Gasteiger partial charge is 0.491 e. The van der Waals surface area contributed by atoms with E-state index in [-0.39, 0.29) is 29.6 Å². The number of rotatable bonds is 21. The predicted molar refractivity (Wildman–Crippen MR) is 161 cm³/mol. The quantitative estimate of drug-likeness (QED) is 0.154. The standard InChI is InChI=1S/C26H41N3O7.C2H6.CH4.3H2/c1-3-4-13-32-15-12-28-25(30)9-6-14-33-16-17-34-18-19-35-22(2)21-36-24-8-5-7-23(20-24)26(31)29-11-10-27;1-2;;;;/h5,7-8,20,22H,6,9-19,21,27H2,1-2H3,(H,28,30)(H,29,31);1-2H3;1H4;3*1H. The first-order valence-corrected chi connectivity index (χ1v) is 13.3. The highest BCUT2D eigenvalue weighted by Gasteiger charge is 2.08. The van der Waals surface area contributed by atoms with Crippen molar-refractivity contribution in [2.45, 2.75) is 54.1 Å². The number of carbonyl (C=O) groups is 2. The van der Waals surface area contributed by atoms with E-state index < -0.39 is 0 Å². The second kappa shape index (κ2) is 28.3. The number of carbonyl (C=O) groups excluding carboxylic acids is 2. The van der Waals surface area contributed by atoms with Gasteiger partial charge in [0.2, 0.25) is 5.91 Å². The molecule has 0 aliphatic carbocycles. The molecule has 0 fully saturated rings. The fourth-order valence-corrected chi connectivity index (χ4v) is 2.79. The van der Waals surface area contributed by atoms with Crippen molar-refractivity contribution >= 4 is 11.8 Å². The second-order valence-electron chi connectivity index (χ2n) is 7.72. The average Bonchev–Trinajstić information content (AvgIpc) is 2.94. The molecule has 0 aliphatic rings. The van der Waals surface area contributed by atoms with Gasteiger partial charge in [0.15, 0.2) is 0 Å². The van der Waals surface area contributed by atoms with Crippen molar-refractivity contribution in [3.63, 3.8) is 0 Å². The predicted octanol–water partition coefficient (Wildman–Crippen LogP) is 3.53. The van der Waals surface area contributed by atoms with E-state index in [0.717, 1.165) is 0 Å². The number of ether oxygens (including phenoxy) is 5. The molecule has 2 amide bonds. The van der Waals surface area contributed by atoms with E-state index in [2.05, 4.69) is 22.5 Å². The summed E-state index contributed by atoms with van der Waals surface area (Å²) in [4.78, 5) is 23.7. The lowest BCUT2D eigenvalue weighted by Crippen LogP contribution is -2.29. The summed E-state index contributed by atoms with van der Waals surface area (Å²) in [6.07, 6.45) is 0.924. The number of nitrogens with one attached hydrogen (secondary N) is 2. The Hall–Kier alpha value is -2.68. The molecule has 230 valence electrons. The van der Waals surface area contributed by atoms with Crippen LogP contribution in [0.1, 0.15) is 62.6 Å². The van der Waals surface area contributed by atoms with Crippen molar-refractivity contribution in [2.24, 2.45) is 5.73 Å². The molecule has 0 radical (unpaired) electrons. The van der Waals surface area contributed by atoms with E-state index in [0.29, 0.717) is 96.6 Å². The van der Waals surface area contributed by atoms with Crippen LogP contribution < -0.4 is 21.1 Å². The van der Waals surface area contributed by atoms with Crippen LogP contribution in [0.5, 0.6) is 5.75 Å². The number of hydrogen-bond acceptors (Lipinski definition) is 8. The Morgan fingerprint density at radius 3 is 2.44 bits per heavy atom. The molecule has 0 saturated carbocycles. The average molecular weight is 560 g/mol. The molecule has 0 bridgehead atoms. The van der Waals surface area contributed by atoms with Crippen LogP contribution in [-0.2, 0) is 23.7 Å². The van der Waals surface area contributed by atoms with Crippen LogP contribution in [0.25, 0.3) is 0 Å². The third-order valence-electron chi connectivity index (χ3n) is 4.62. The lowest BCUT2D eigenvalue weighted by Gasteiger charge is -2.15. The molecule has 0 heterocycles. The van der Waals surface area contributed by atoms with Gasteiger partial charge in [-0.05, 0) is 38.5 Å². The fourth-order valence-electron chi connectivity index (χ4n) is 2.79. The van der Waals surface area contributed by atoms with Crippen molar-refractivity contribution in [3.8, 4) is 17.6 Å². The van der Waals surface area contributed by atoms with Gasteiger partial charge < -0.3 is 40.1 Å². The zero-order chi connectivity index (χ0) is 28.3. The summed E-state index contributed by atoms with van der Waals surface area (Å²) in [5.74, 6) is 5.93. The minimum absolute atomic E-state index is 0. The molecular formula is C29H57N3O7. The van der Waals surface area contributed by atoms with Crippen molar-refractivity contribution in [1.82, 2.24) is 10.6 Å². The summed E-state index contributed by atoms with van der Waals surface area (Å²) in [5.41, 5.74) is 5.93. The lowest BCUT2D eigenvalue weighted by atomic mass is 10.2. The van der Waals surface area contributed by atoms with Gasteiger partial charge in [0.25, 0.3) is 5.91 Å². The molecule has 1 atom stereocenters. The number of hydrogen-bond donors (Lipinski definition) is 3. The van der Waals surface area contributed by atoms with E-state index in [1.165, 1.54) is 0 Å². The Balaban J connectivity index is -0.000000743. The first-order valence-electron chi connectivity index (χ1n) is 13.3. The SMILES string of the molecule is C.CC.CC#CCOCCNC(=O)CCCOCCOCCOC(C)COc1cccc(C(=O)NCCN)c1.[HH].[HH].[HH]. The zero-order valence-electron chi connectivity index (χ0n) is 23.5. The molecule has 0 spiro atoms. The number of nitrogens with two attached hydrogens (primary N) is 1. The van der Waals surface area contributed by atoms with Crippen LogP contribution in [-0.4, -0.2) is 90.4 Å². The Bertz CT molecular complexity index is 812. The van der Waals surface area contributed by atoms with Gasteiger partial charge in [-0.25, -0.2) is 0 Å². The maximum absolute atomic E-state index is 12.0. The van der Waals surface area contributed by atoms with Crippen molar-refractivity contribution in [2.75, 3.05) is 72.5 Å². The van der Waals surface area contributed by atoms with Gasteiger partial charge in [-0.15, -0.1) is 5.92 Å². The molecule has 1 aromatic carbocycles. The van der Waals surface area contributed by atoms with E-state index >= 15 is 0 Å². The van der Waals surface area contributed by atoms with Crippen LogP contribution in [0.2, 0.25) is 0 Å². The third kappa shape index (κ3) is 23.0. The van der Waals surface area contributed by atoms with Gasteiger partial charge in [-0.3, -0.25) is 9.59 Å². The van der Waals surface area contributed by atoms with Gasteiger partial charge in [-0.2, -0.15) is 0 Å².